The van der Waals surface area contributed by atoms with Crippen LogP contribution in [0.25, 0.3) is 11.4 Å². The summed E-state index contributed by atoms with van der Waals surface area (Å²) in [5.41, 5.74) is 1.74. The van der Waals surface area contributed by atoms with Gasteiger partial charge < -0.3 is 9.84 Å². The Morgan fingerprint density at radius 1 is 1.29 bits per heavy atom. The molecule has 6 nitrogen and oxygen atoms in total. The number of anilines is 1. The number of nitrogens with zero attached hydrogens (tertiary/aromatic N) is 3. The zero-order chi connectivity index (χ0) is 16.5. The highest BCUT2D eigenvalue weighted by molar-refractivity contribution is 6.33. The Hall–Kier alpha value is -2.73. The molecule has 24 heavy (non-hydrogen) atoms. The van der Waals surface area contributed by atoms with E-state index in [1.54, 1.807) is 36.5 Å². The minimum Gasteiger partial charge on any atom is -0.339 e. The molecule has 1 aliphatic carbocycles. The Morgan fingerprint density at radius 3 is 2.88 bits per heavy atom. The van der Waals surface area contributed by atoms with E-state index in [9.17, 15) is 4.79 Å². The SMILES string of the molecule is O=C(Nc1ccc(-c2noc(C3CC3)n2)c(Cl)c1)c1cccnc1. The average Bonchev–Trinajstić information content (AvgIpc) is 3.34. The molecule has 3 aromatic rings. The van der Waals surface area contributed by atoms with Crippen LogP contribution in [0.1, 0.15) is 35.0 Å². The second-order valence-corrected chi connectivity index (χ2v) is 6.03. The van der Waals surface area contributed by atoms with Crippen LogP contribution < -0.4 is 5.32 Å². The van der Waals surface area contributed by atoms with Crippen molar-refractivity contribution in [2.45, 2.75) is 18.8 Å². The second kappa shape index (κ2) is 6.05. The summed E-state index contributed by atoms with van der Waals surface area (Å²) in [6.07, 6.45) is 5.30. The average molecular weight is 341 g/mol. The molecule has 1 fully saturated rings. The molecule has 0 unspecified atom stereocenters. The number of rotatable bonds is 4. The fraction of sp³-hybridized carbons (Fsp3) is 0.176. The summed E-state index contributed by atoms with van der Waals surface area (Å²) < 4.78 is 5.25. The Morgan fingerprint density at radius 2 is 2.17 bits per heavy atom. The Labute approximate surface area is 142 Å². The smallest absolute Gasteiger partial charge is 0.257 e. The van der Waals surface area contributed by atoms with Gasteiger partial charge in [-0.15, -0.1) is 0 Å². The first-order valence-electron chi connectivity index (χ1n) is 7.55. The molecule has 0 aliphatic heterocycles. The lowest BCUT2D eigenvalue weighted by Gasteiger charge is -2.07. The molecule has 1 N–H and O–H groups in total. The number of amides is 1. The number of pyridine rings is 1. The summed E-state index contributed by atoms with van der Waals surface area (Å²) in [6.45, 7) is 0. The summed E-state index contributed by atoms with van der Waals surface area (Å²) in [4.78, 5) is 20.4. The highest BCUT2D eigenvalue weighted by Crippen LogP contribution is 2.40. The summed E-state index contributed by atoms with van der Waals surface area (Å²) in [5.74, 6) is 1.27. The van der Waals surface area contributed by atoms with E-state index in [1.807, 2.05) is 0 Å². The minimum atomic E-state index is -0.248. The number of benzene rings is 1. The van der Waals surface area contributed by atoms with Gasteiger partial charge in [0.2, 0.25) is 11.7 Å². The van der Waals surface area contributed by atoms with E-state index in [0.29, 0.717) is 39.5 Å². The van der Waals surface area contributed by atoms with E-state index >= 15 is 0 Å². The molecule has 0 bridgehead atoms. The third-order valence-corrected chi connectivity index (χ3v) is 4.07. The van der Waals surface area contributed by atoms with Gasteiger partial charge in [0.25, 0.3) is 5.91 Å². The van der Waals surface area contributed by atoms with E-state index in [0.717, 1.165) is 12.8 Å². The number of aromatic nitrogens is 3. The lowest BCUT2D eigenvalue weighted by Crippen LogP contribution is -2.11. The Bertz CT molecular complexity index is 891. The Kier molecular flexibility index (Phi) is 3.74. The maximum absolute atomic E-state index is 12.1. The van der Waals surface area contributed by atoms with Crippen LogP contribution in [0.15, 0.2) is 47.2 Å². The van der Waals surface area contributed by atoms with Crippen molar-refractivity contribution in [2.75, 3.05) is 5.32 Å². The molecular formula is C17H13ClN4O2. The number of carbonyl (C=O) groups excluding carboxylic acids is 1. The molecule has 4 rings (SSSR count). The molecule has 120 valence electrons. The van der Waals surface area contributed by atoms with Gasteiger partial charge in [0.15, 0.2) is 0 Å². The third kappa shape index (κ3) is 3.00. The molecule has 2 heterocycles. The molecule has 1 amide bonds. The zero-order valence-corrected chi connectivity index (χ0v) is 13.3. The second-order valence-electron chi connectivity index (χ2n) is 5.62. The quantitative estimate of drug-likeness (QED) is 0.778. The van der Waals surface area contributed by atoms with E-state index < -0.39 is 0 Å². The van der Waals surface area contributed by atoms with Crippen molar-refractivity contribution in [2.24, 2.45) is 0 Å². The number of carbonyl (C=O) groups is 1. The number of nitrogens with one attached hydrogen (secondary N) is 1. The first kappa shape index (κ1) is 14.8. The lowest BCUT2D eigenvalue weighted by molar-refractivity contribution is 0.102. The van der Waals surface area contributed by atoms with Crippen molar-refractivity contribution in [3.05, 3.63) is 59.2 Å². The normalized spacial score (nSPS) is 13.7. The van der Waals surface area contributed by atoms with Crippen LogP contribution in [-0.4, -0.2) is 21.0 Å². The fourth-order valence-corrected chi connectivity index (χ4v) is 2.58. The molecule has 7 heteroatoms. The molecule has 0 radical (unpaired) electrons. The molecule has 1 saturated carbocycles. The number of halogens is 1. The molecule has 0 atom stereocenters. The van der Waals surface area contributed by atoms with E-state index in [1.165, 1.54) is 6.20 Å². The molecule has 0 spiro atoms. The largest absolute Gasteiger partial charge is 0.339 e. The van der Waals surface area contributed by atoms with E-state index in [-0.39, 0.29) is 5.91 Å². The lowest BCUT2D eigenvalue weighted by atomic mass is 10.2. The van der Waals surface area contributed by atoms with Gasteiger partial charge in [0.1, 0.15) is 0 Å². The number of hydrogen-bond donors (Lipinski definition) is 1. The first-order chi connectivity index (χ1) is 11.7. The maximum Gasteiger partial charge on any atom is 0.257 e. The van der Waals surface area contributed by atoms with E-state index in [2.05, 4.69) is 20.4 Å². The maximum atomic E-state index is 12.1. The molecule has 1 aromatic carbocycles. The van der Waals surface area contributed by atoms with Gasteiger partial charge in [-0.05, 0) is 43.2 Å². The van der Waals surface area contributed by atoms with Gasteiger partial charge in [-0.1, -0.05) is 16.8 Å². The van der Waals surface area contributed by atoms with Crippen molar-refractivity contribution >= 4 is 23.2 Å². The minimum absolute atomic E-state index is 0.248. The van der Waals surface area contributed by atoms with Crippen LogP contribution in [0.3, 0.4) is 0 Å². The van der Waals surface area contributed by atoms with Gasteiger partial charge in [-0.25, -0.2) is 0 Å². The van der Waals surface area contributed by atoms with Gasteiger partial charge in [0, 0.05) is 29.6 Å². The van der Waals surface area contributed by atoms with Crippen LogP contribution in [0.5, 0.6) is 0 Å². The summed E-state index contributed by atoms with van der Waals surface area (Å²) in [7, 11) is 0. The summed E-state index contributed by atoms with van der Waals surface area (Å²) in [6, 6.07) is 8.58. The van der Waals surface area contributed by atoms with E-state index in [4.69, 9.17) is 16.1 Å². The van der Waals surface area contributed by atoms with Gasteiger partial charge in [-0.2, -0.15) is 4.98 Å². The highest BCUT2D eigenvalue weighted by atomic mass is 35.5. The molecule has 0 saturated heterocycles. The van der Waals surface area contributed by atoms with Crippen molar-refractivity contribution in [3.8, 4) is 11.4 Å². The highest BCUT2D eigenvalue weighted by Gasteiger charge is 2.30. The predicted molar refractivity (Wildman–Crippen MR) is 88.9 cm³/mol. The topological polar surface area (TPSA) is 80.9 Å². The van der Waals surface area contributed by atoms with Gasteiger partial charge in [0.05, 0.1) is 10.6 Å². The van der Waals surface area contributed by atoms with Crippen LogP contribution >= 0.6 is 11.6 Å². The van der Waals surface area contributed by atoms with Gasteiger partial charge in [-0.3, -0.25) is 9.78 Å². The molecular weight excluding hydrogens is 328 g/mol. The summed E-state index contributed by atoms with van der Waals surface area (Å²) >= 11 is 6.31. The van der Waals surface area contributed by atoms with Crippen LogP contribution in [0.2, 0.25) is 5.02 Å². The van der Waals surface area contributed by atoms with Crippen LogP contribution in [0.4, 0.5) is 5.69 Å². The van der Waals surface area contributed by atoms with Gasteiger partial charge >= 0.3 is 0 Å². The fourth-order valence-electron chi connectivity index (χ4n) is 2.32. The predicted octanol–water partition coefficient (Wildman–Crippen LogP) is 3.91. The molecule has 1 aliphatic rings. The van der Waals surface area contributed by atoms with Crippen molar-refractivity contribution in [3.63, 3.8) is 0 Å². The summed E-state index contributed by atoms with van der Waals surface area (Å²) in [5, 5.41) is 7.21. The van der Waals surface area contributed by atoms with Crippen molar-refractivity contribution in [1.82, 2.24) is 15.1 Å². The first-order valence-corrected chi connectivity index (χ1v) is 7.93. The van der Waals surface area contributed by atoms with Crippen molar-refractivity contribution < 1.29 is 9.32 Å². The van der Waals surface area contributed by atoms with Crippen LogP contribution in [-0.2, 0) is 0 Å². The third-order valence-electron chi connectivity index (χ3n) is 3.76. The van der Waals surface area contributed by atoms with Crippen molar-refractivity contribution in [1.29, 1.82) is 0 Å². The standard InChI is InChI=1S/C17H13ClN4O2/c18-14-8-12(20-16(23)11-2-1-7-19-9-11)5-6-13(14)15-21-17(24-22-15)10-3-4-10/h1-2,5-10H,3-4H2,(H,20,23). The monoisotopic (exact) mass is 340 g/mol. The van der Waals surface area contributed by atoms with Crippen LogP contribution in [0, 0.1) is 0 Å². The zero-order valence-electron chi connectivity index (χ0n) is 12.6. The molecule has 2 aromatic heterocycles. The number of hydrogen-bond acceptors (Lipinski definition) is 5. The Balaban J connectivity index is 1.54.